The maximum Gasteiger partial charge on any atom is 0.335 e. The summed E-state index contributed by atoms with van der Waals surface area (Å²) < 4.78 is 0. The highest BCUT2D eigenvalue weighted by Crippen LogP contribution is 2.28. The highest BCUT2D eigenvalue weighted by atomic mass is 16.4. The number of hydrogen-bond acceptors (Lipinski definition) is 4. The molecule has 0 atom stereocenters. The first-order chi connectivity index (χ1) is 9.47. The van der Waals surface area contributed by atoms with Crippen LogP contribution in [0.3, 0.4) is 0 Å². The molecule has 1 fully saturated rings. The molecule has 0 radical (unpaired) electrons. The number of hydrogen-bond donors (Lipinski definition) is 4. The molecule has 0 bridgehead atoms. The van der Waals surface area contributed by atoms with E-state index in [1.165, 1.54) is 18.2 Å². The summed E-state index contributed by atoms with van der Waals surface area (Å²) >= 11 is 0. The van der Waals surface area contributed by atoms with E-state index in [0.717, 1.165) is 12.8 Å². The summed E-state index contributed by atoms with van der Waals surface area (Å²) in [6.45, 7) is 0. The molecule has 1 aromatic rings. The number of anilines is 1. The van der Waals surface area contributed by atoms with Gasteiger partial charge in [0.2, 0.25) is 5.91 Å². The van der Waals surface area contributed by atoms with Crippen molar-refractivity contribution in [3.05, 3.63) is 23.8 Å². The first-order valence-corrected chi connectivity index (χ1v) is 6.60. The monoisotopic (exact) mass is 278 g/mol. The molecular weight excluding hydrogens is 260 g/mol. The van der Waals surface area contributed by atoms with E-state index in [0.29, 0.717) is 12.8 Å². The van der Waals surface area contributed by atoms with Crippen LogP contribution in [0, 0.1) is 5.92 Å². The van der Waals surface area contributed by atoms with Crippen molar-refractivity contribution in [3.63, 3.8) is 0 Å². The molecule has 0 aliphatic heterocycles. The number of carbonyl (C=O) groups excluding carboxylic acids is 1. The van der Waals surface area contributed by atoms with Crippen molar-refractivity contribution in [2.45, 2.75) is 31.7 Å². The Balaban J connectivity index is 2.07. The Morgan fingerprint density at radius 2 is 1.85 bits per heavy atom. The van der Waals surface area contributed by atoms with Crippen molar-refractivity contribution in [2.24, 2.45) is 11.7 Å². The largest absolute Gasteiger partial charge is 0.506 e. The molecule has 1 aliphatic rings. The summed E-state index contributed by atoms with van der Waals surface area (Å²) in [6.07, 6.45) is 3.04. The minimum absolute atomic E-state index is 0.0174. The maximum absolute atomic E-state index is 12.1. The topological polar surface area (TPSA) is 113 Å². The molecule has 1 amide bonds. The number of amides is 1. The van der Waals surface area contributed by atoms with Gasteiger partial charge in [-0.25, -0.2) is 4.79 Å². The van der Waals surface area contributed by atoms with E-state index in [4.69, 9.17) is 10.8 Å². The number of rotatable bonds is 3. The Morgan fingerprint density at radius 3 is 2.45 bits per heavy atom. The maximum atomic E-state index is 12.1. The van der Waals surface area contributed by atoms with E-state index in [-0.39, 0.29) is 34.9 Å². The zero-order valence-corrected chi connectivity index (χ0v) is 11.0. The van der Waals surface area contributed by atoms with Crippen LogP contribution in [0.15, 0.2) is 18.2 Å². The fraction of sp³-hybridized carbons (Fsp3) is 0.429. The lowest BCUT2D eigenvalue weighted by molar-refractivity contribution is -0.120. The summed E-state index contributed by atoms with van der Waals surface area (Å²) in [4.78, 5) is 23.0. The van der Waals surface area contributed by atoms with Crippen LogP contribution < -0.4 is 11.1 Å². The molecule has 5 N–H and O–H groups in total. The number of carbonyl (C=O) groups is 2. The van der Waals surface area contributed by atoms with E-state index in [2.05, 4.69) is 5.32 Å². The molecule has 2 rings (SSSR count). The fourth-order valence-corrected chi connectivity index (χ4v) is 2.39. The molecule has 6 nitrogen and oxygen atoms in total. The van der Waals surface area contributed by atoms with Crippen molar-refractivity contribution < 1.29 is 19.8 Å². The van der Waals surface area contributed by atoms with E-state index >= 15 is 0 Å². The zero-order valence-electron chi connectivity index (χ0n) is 11.0. The molecular formula is C14H18N2O4. The van der Waals surface area contributed by atoms with Crippen LogP contribution in [0.25, 0.3) is 0 Å². The van der Waals surface area contributed by atoms with Gasteiger partial charge in [0.15, 0.2) is 0 Å². The number of phenols is 1. The normalized spacial score (nSPS) is 22.2. The second-order valence-corrected chi connectivity index (χ2v) is 5.14. The van der Waals surface area contributed by atoms with Crippen LogP contribution in [0.2, 0.25) is 0 Å². The highest BCUT2D eigenvalue weighted by molar-refractivity contribution is 5.96. The third-order valence-electron chi connectivity index (χ3n) is 3.64. The molecule has 0 saturated heterocycles. The van der Waals surface area contributed by atoms with Gasteiger partial charge in [-0.15, -0.1) is 0 Å². The number of carboxylic acid groups (broad SMARTS) is 1. The fourth-order valence-electron chi connectivity index (χ4n) is 2.39. The van der Waals surface area contributed by atoms with E-state index in [1.807, 2.05) is 0 Å². The van der Waals surface area contributed by atoms with Crippen LogP contribution in [0.1, 0.15) is 36.0 Å². The van der Waals surface area contributed by atoms with Gasteiger partial charge in [-0.05, 0) is 43.9 Å². The molecule has 108 valence electrons. The highest BCUT2D eigenvalue weighted by Gasteiger charge is 2.25. The van der Waals surface area contributed by atoms with Gasteiger partial charge in [0.25, 0.3) is 0 Å². The van der Waals surface area contributed by atoms with E-state index in [9.17, 15) is 14.7 Å². The number of benzene rings is 1. The summed E-state index contributed by atoms with van der Waals surface area (Å²) in [5.74, 6) is -1.59. The molecule has 1 aliphatic carbocycles. The average Bonchev–Trinajstić information content (AvgIpc) is 2.41. The molecule has 0 unspecified atom stereocenters. The van der Waals surface area contributed by atoms with Crippen LogP contribution in [0.5, 0.6) is 5.75 Å². The Labute approximate surface area is 116 Å². The first kappa shape index (κ1) is 14.3. The van der Waals surface area contributed by atoms with Gasteiger partial charge < -0.3 is 21.3 Å². The lowest BCUT2D eigenvalue weighted by atomic mass is 9.86. The number of aromatic carboxylic acids is 1. The van der Waals surface area contributed by atoms with E-state index in [1.54, 1.807) is 0 Å². The summed E-state index contributed by atoms with van der Waals surface area (Å²) in [5.41, 5.74) is 5.94. The molecule has 1 aromatic carbocycles. The predicted molar refractivity (Wildman–Crippen MR) is 73.6 cm³/mol. The quantitative estimate of drug-likeness (QED) is 0.626. The molecule has 20 heavy (non-hydrogen) atoms. The summed E-state index contributed by atoms with van der Waals surface area (Å²) in [6, 6.07) is 3.95. The Kier molecular flexibility index (Phi) is 4.24. The minimum atomic E-state index is -1.11. The van der Waals surface area contributed by atoms with Gasteiger partial charge in [0.1, 0.15) is 5.75 Å². The SMILES string of the molecule is NC1CCC(C(=O)Nc2cc(C(=O)O)ccc2O)CC1. The average molecular weight is 278 g/mol. The Hall–Kier alpha value is -2.08. The van der Waals surface area contributed by atoms with Crippen molar-refractivity contribution in [2.75, 3.05) is 5.32 Å². The van der Waals surface area contributed by atoms with Gasteiger partial charge in [0.05, 0.1) is 11.3 Å². The van der Waals surface area contributed by atoms with Gasteiger partial charge in [-0.2, -0.15) is 0 Å². The minimum Gasteiger partial charge on any atom is -0.506 e. The van der Waals surface area contributed by atoms with Crippen molar-refractivity contribution >= 4 is 17.6 Å². The molecule has 0 spiro atoms. The lowest BCUT2D eigenvalue weighted by Crippen LogP contribution is -2.32. The number of aromatic hydroxyl groups is 1. The van der Waals surface area contributed by atoms with Crippen LogP contribution in [0.4, 0.5) is 5.69 Å². The van der Waals surface area contributed by atoms with E-state index < -0.39 is 5.97 Å². The second kappa shape index (κ2) is 5.92. The number of carboxylic acids is 1. The predicted octanol–water partition coefficient (Wildman–Crippen LogP) is 1.55. The molecule has 1 saturated carbocycles. The zero-order chi connectivity index (χ0) is 14.7. The molecule has 6 heteroatoms. The van der Waals surface area contributed by atoms with Crippen molar-refractivity contribution in [1.29, 1.82) is 0 Å². The van der Waals surface area contributed by atoms with Gasteiger partial charge >= 0.3 is 5.97 Å². The Morgan fingerprint density at radius 1 is 1.20 bits per heavy atom. The molecule has 0 heterocycles. The van der Waals surface area contributed by atoms with Crippen LogP contribution >= 0.6 is 0 Å². The van der Waals surface area contributed by atoms with Crippen molar-refractivity contribution in [3.8, 4) is 5.75 Å². The molecule has 0 aromatic heterocycles. The van der Waals surface area contributed by atoms with Gasteiger partial charge in [-0.3, -0.25) is 4.79 Å². The smallest absolute Gasteiger partial charge is 0.335 e. The summed E-state index contributed by atoms with van der Waals surface area (Å²) in [5, 5.41) is 21.2. The van der Waals surface area contributed by atoms with Gasteiger partial charge in [0, 0.05) is 12.0 Å². The lowest BCUT2D eigenvalue weighted by Gasteiger charge is -2.25. The number of phenolic OH excluding ortho intramolecular Hbond substituents is 1. The first-order valence-electron chi connectivity index (χ1n) is 6.60. The summed E-state index contributed by atoms with van der Waals surface area (Å²) in [7, 11) is 0. The van der Waals surface area contributed by atoms with Crippen LogP contribution in [-0.4, -0.2) is 28.1 Å². The third kappa shape index (κ3) is 3.27. The second-order valence-electron chi connectivity index (χ2n) is 5.14. The number of nitrogens with two attached hydrogens (primary N) is 1. The number of nitrogens with one attached hydrogen (secondary N) is 1. The van der Waals surface area contributed by atoms with Gasteiger partial charge in [-0.1, -0.05) is 0 Å². The van der Waals surface area contributed by atoms with Crippen LogP contribution in [-0.2, 0) is 4.79 Å². The third-order valence-corrected chi connectivity index (χ3v) is 3.64. The Bertz CT molecular complexity index is 522. The van der Waals surface area contributed by atoms with Crippen molar-refractivity contribution in [1.82, 2.24) is 0 Å². The standard InChI is InChI=1S/C14H18N2O4/c15-10-4-1-8(2-5-10)13(18)16-11-7-9(14(19)20)3-6-12(11)17/h3,6-8,10,17H,1-2,4-5,15H2,(H,16,18)(H,19,20).